The van der Waals surface area contributed by atoms with E-state index in [2.05, 4.69) is 6.92 Å². The van der Waals surface area contributed by atoms with E-state index in [1.165, 1.54) is 7.11 Å². The Morgan fingerprint density at radius 1 is 1.41 bits per heavy atom. The van der Waals surface area contributed by atoms with Crippen LogP contribution in [0.5, 0.6) is 5.75 Å². The maximum Gasteiger partial charge on any atom is 0.243 e. The molecule has 0 radical (unpaired) electrons. The number of rotatable bonds is 4. The number of sulfonamides is 1. The van der Waals surface area contributed by atoms with Crippen molar-refractivity contribution in [2.75, 3.05) is 26.8 Å². The van der Waals surface area contributed by atoms with Gasteiger partial charge in [0.15, 0.2) is 0 Å². The van der Waals surface area contributed by atoms with Crippen LogP contribution in [0, 0.1) is 11.8 Å². The third kappa shape index (κ3) is 2.75. The molecule has 0 aliphatic carbocycles. The summed E-state index contributed by atoms with van der Waals surface area (Å²) in [6.07, 6.45) is 2.18. The van der Waals surface area contributed by atoms with E-state index < -0.39 is 10.0 Å². The lowest BCUT2D eigenvalue weighted by molar-refractivity contribution is 0.0850. The minimum Gasteiger partial charge on any atom is -0.497 e. The molecule has 122 valence electrons. The number of benzene rings is 1. The molecule has 0 saturated carbocycles. The Balaban J connectivity index is 1.79. The fourth-order valence-electron chi connectivity index (χ4n) is 3.60. The number of piperidine rings is 1. The Hall–Kier alpha value is -1.11. The van der Waals surface area contributed by atoms with Crippen LogP contribution in [0.1, 0.15) is 19.8 Å². The van der Waals surface area contributed by atoms with Crippen LogP contribution in [0.4, 0.5) is 0 Å². The van der Waals surface area contributed by atoms with Crippen molar-refractivity contribution in [1.29, 1.82) is 0 Å². The van der Waals surface area contributed by atoms with E-state index in [-0.39, 0.29) is 0 Å². The van der Waals surface area contributed by atoms with Gasteiger partial charge >= 0.3 is 0 Å². The van der Waals surface area contributed by atoms with Gasteiger partial charge in [-0.15, -0.1) is 0 Å². The summed E-state index contributed by atoms with van der Waals surface area (Å²) in [6.45, 7) is 3.93. The van der Waals surface area contributed by atoms with Crippen molar-refractivity contribution in [1.82, 2.24) is 4.31 Å². The molecule has 0 amide bonds. The standard InChI is InChI=1S/C16H23NO4S/c1-3-16-15-7-8-17(10-12(15)11-21-16)22(18,19)14-6-4-5-13(9-14)20-2/h4-6,9,12,15-16H,3,7-8,10-11H2,1-2H3/t12-,15-,16-/m1/s1. The van der Waals surface area contributed by atoms with Gasteiger partial charge in [-0.25, -0.2) is 8.42 Å². The molecule has 1 aromatic rings. The quantitative estimate of drug-likeness (QED) is 0.851. The Labute approximate surface area is 132 Å². The fraction of sp³-hybridized carbons (Fsp3) is 0.625. The summed E-state index contributed by atoms with van der Waals surface area (Å²) in [6, 6.07) is 6.68. The molecule has 0 N–H and O–H groups in total. The first-order valence-electron chi connectivity index (χ1n) is 7.82. The predicted molar refractivity (Wildman–Crippen MR) is 83.4 cm³/mol. The van der Waals surface area contributed by atoms with Gasteiger partial charge in [0.1, 0.15) is 5.75 Å². The topological polar surface area (TPSA) is 55.8 Å². The smallest absolute Gasteiger partial charge is 0.243 e. The molecule has 2 saturated heterocycles. The lowest BCUT2D eigenvalue weighted by Crippen LogP contribution is -2.44. The average Bonchev–Trinajstić information content (AvgIpc) is 2.97. The zero-order valence-electron chi connectivity index (χ0n) is 13.1. The van der Waals surface area contributed by atoms with Gasteiger partial charge in [0, 0.05) is 25.1 Å². The summed E-state index contributed by atoms with van der Waals surface area (Å²) in [7, 11) is -1.92. The van der Waals surface area contributed by atoms with E-state index in [1.807, 2.05) is 0 Å². The summed E-state index contributed by atoms with van der Waals surface area (Å²) in [5, 5.41) is 0. The zero-order valence-corrected chi connectivity index (χ0v) is 13.9. The molecule has 0 spiro atoms. The van der Waals surface area contributed by atoms with Crippen LogP contribution >= 0.6 is 0 Å². The van der Waals surface area contributed by atoms with Crippen LogP contribution in [0.25, 0.3) is 0 Å². The highest BCUT2D eigenvalue weighted by Crippen LogP contribution is 2.37. The maximum atomic E-state index is 12.8. The molecule has 2 aliphatic rings. The molecule has 6 heteroatoms. The van der Waals surface area contributed by atoms with Crippen LogP contribution in [0.15, 0.2) is 29.2 Å². The Kier molecular flexibility index (Phi) is 4.43. The first kappa shape index (κ1) is 15.8. The molecule has 0 aromatic heterocycles. The molecular formula is C16H23NO4S. The van der Waals surface area contributed by atoms with Crippen molar-refractivity contribution in [3.05, 3.63) is 24.3 Å². The predicted octanol–water partition coefficient (Wildman–Crippen LogP) is 2.13. The molecule has 3 rings (SSSR count). The summed E-state index contributed by atoms with van der Waals surface area (Å²) < 4.78 is 38.2. The van der Waals surface area contributed by atoms with Crippen LogP contribution in [0.2, 0.25) is 0 Å². The highest BCUT2D eigenvalue weighted by Gasteiger charge is 2.42. The van der Waals surface area contributed by atoms with E-state index in [1.54, 1.807) is 28.6 Å². The number of fused-ring (bicyclic) bond motifs is 1. The van der Waals surface area contributed by atoms with E-state index >= 15 is 0 Å². The lowest BCUT2D eigenvalue weighted by atomic mass is 9.84. The second-order valence-electron chi connectivity index (χ2n) is 6.03. The van der Waals surface area contributed by atoms with Gasteiger partial charge in [-0.3, -0.25) is 0 Å². The first-order chi connectivity index (χ1) is 10.6. The third-order valence-electron chi connectivity index (χ3n) is 4.84. The molecule has 2 fully saturated rings. The SMILES string of the molecule is CC[C@H]1OC[C@H]2CN(S(=O)(=O)c3cccc(OC)c3)CC[C@H]21. The molecule has 0 bridgehead atoms. The average molecular weight is 325 g/mol. The van der Waals surface area contributed by atoms with Gasteiger partial charge in [0.2, 0.25) is 10.0 Å². The summed E-state index contributed by atoms with van der Waals surface area (Å²) in [5.74, 6) is 1.38. The molecule has 5 nitrogen and oxygen atoms in total. The van der Waals surface area contributed by atoms with E-state index in [0.29, 0.717) is 48.3 Å². The van der Waals surface area contributed by atoms with Gasteiger partial charge < -0.3 is 9.47 Å². The van der Waals surface area contributed by atoms with E-state index in [4.69, 9.17) is 9.47 Å². The summed E-state index contributed by atoms with van der Waals surface area (Å²) in [5.41, 5.74) is 0. The largest absolute Gasteiger partial charge is 0.497 e. The molecule has 2 heterocycles. The maximum absolute atomic E-state index is 12.8. The third-order valence-corrected chi connectivity index (χ3v) is 6.70. The monoisotopic (exact) mass is 325 g/mol. The molecule has 1 aromatic carbocycles. The van der Waals surface area contributed by atoms with Gasteiger partial charge in [-0.1, -0.05) is 13.0 Å². The lowest BCUT2D eigenvalue weighted by Gasteiger charge is -2.34. The summed E-state index contributed by atoms with van der Waals surface area (Å²) in [4.78, 5) is 0.302. The number of nitrogens with zero attached hydrogens (tertiary/aromatic N) is 1. The van der Waals surface area contributed by atoms with Crippen molar-refractivity contribution in [2.24, 2.45) is 11.8 Å². The van der Waals surface area contributed by atoms with Gasteiger partial charge in [0.05, 0.1) is 24.7 Å². The van der Waals surface area contributed by atoms with Gasteiger partial charge in [-0.05, 0) is 30.9 Å². The Morgan fingerprint density at radius 3 is 2.95 bits per heavy atom. The molecule has 2 aliphatic heterocycles. The fourth-order valence-corrected chi connectivity index (χ4v) is 5.15. The van der Waals surface area contributed by atoms with Crippen molar-refractivity contribution >= 4 is 10.0 Å². The van der Waals surface area contributed by atoms with Crippen LogP contribution in [-0.2, 0) is 14.8 Å². The minimum atomic E-state index is -3.46. The second kappa shape index (κ2) is 6.18. The molecular weight excluding hydrogens is 302 g/mol. The van der Waals surface area contributed by atoms with Gasteiger partial charge in [-0.2, -0.15) is 4.31 Å². The van der Waals surface area contributed by atoms with E-state index in [9.17, 15) is 8.42 Å². The first-order valence-corrected chi connectivity index (χ1v) is 9.26. The Bertz CT molecular complexity index is 631. The van der Waals surface area contributed by atoms with Crippen LogP contribution < -0.4 is 4.74 Å². The van der Waals surface area contributed by atoms with E-state index in [0.717, 1.165) is 12.8 Å². The minimum absolute atomic E-state index is 0.298. The van der Waals surface area contributed by atoms with Crippen molar-refractivity contribution in [3.8, 4) is 5.75 Å². The Morgan fingerprint density at radius 2 is 2.23 bits per heavy atom. The number of hydrogen-bond donors (Lipinski definition) is 0. The normalized spacial score (nSPS) is 29.3. The van der Waals surface area contributed by atoms with Crippen molar-refractivity contribution < 1.29 is 17.9 Å². The van der Waals surface area contributed by atoms with Crippen molar-refractivity contribution in [3.63, 3.8) is 0 Å². The van der Waals surface area contributed by atoms with Crippen LogP contribution in [0.3, 0.4) is 0 Å². The molecule has 22 heavy (non-hydrogen) atoms. The van der Waals surface area contributed by atoms with Gasteiger partial charge in [0.25, 0.3) is 0 Å². The summed E-state index contributed by atoms with van der Waals surface area (Å²) >= 11 is 0. The molecule has 3 atom stereocenters. The number of hydrogen-bond acceptors (Lipinski definition) is 4. The zero-order chi connectivity index (χ0) is 15.7. The highest BCUT2D eigenvalue weighted by molar-refractivity contribution is 7.89. The highest BCUT2D eigenvalue weighted by atomic mass is 32.2. The van der Waals surface area contributed by atoms with Crippen LogP contribution in [-0.4, -0.2) is 45.6 Å². The van der Waals surface area contributed by atoms with Crippen molar-refractivity contribution in [2.45, 2.75) is 30.8 Å². The molecule has 0 unspecified atom stereocenters. The second-order valence-corrected chi connectivity index (χ2v) is 7.97. The number of methoxy groups -OCH3 is 1. The number of ether oxygens (including phenoxy) is 2.